The van der Waals surface area contributed by atoms with Crippen LogP contribution in [0, 0.1) is 5.41 Å². The predicted octanol–water partition coefficient (Wildman–Crippen LogP) is 3.41. The molecule has 7 nitrogen and oxygen atoms in total. The molecule has 1 aromatic heterocycles. The second kappa shape index (κ2) is 10.7. The number of ether oxygens (including phenoxy) is 2. The number of methoxy groups -OCH3 is 2. The van der Waals surface area contributed by atoms with Crippen molar-refractivity contribution in [2.45, 2.75) is 53.1 Å². The Morgan fingerprint density at radius 1 is 1.17 bits per heavy atom. The molecular weight excluding hydrogens is 382 g/mol. The third-order valence-corrected chi connectivity index (χ3v) is 5.01. The van der Waals surface area contributed by atoms with Crippen molar-refractivity contribution in [1.29, 1.82) is 0 Å². The Morgan fingerprint density at radius 2 is 1.83 bits per heavy atom. The van der Waals surface area contributed by atoms with Crippen LogP contribution in [-0.4, -0.2) is 54.3 Å². The number of carbonyl (C=O) groups is 1. The maximum Gasteiger partial charge on any atom is 0.261 e. The molecule has 30 heavy (non-hydrogen) atoms. The highest BCUT2D eigenvalue weighted by Crippen LogP contribution is 2.28. The third kappa shape index (κ3) is 5.89. The monoisotopic (exact) mass is 417 g/mol. The van der Waals surface area contributed by atoms with Gasteiger partial charge in [0.15, 0.2) is 0 Å². The van der Waals surface area contributed by atoms with Crippen LogP contribution in [0.4, 0.5) is 0 Å². The Bertz CT molecular complexity index is 901. The Kier molecular flexibility index (Phi) is 8.55. The van der Waals surface area contributed by atoms with Gasteiger partial charge < -0.3 is 14.4 Å². The standard InChI is InChI=1S/C23H35N3O4/c1-7-19(25(12-14-29-5)20(27)16-23(2,3)4)21-24-18-11-9-8-10-17(18)22(28)26(21)13-15-30-6/h8-11,19H,7,12-16H2,1-6H3. The topological polar surface area (TPSA) is 73.7 Å². The molecule has 7 heteroatoms. The van der Waals surface area contributed by atoms with Crippen LogP contribution in [-0.2, 0) is 20.8 Å². The molecule has 0 radical (unpaired) electrons. The molecule has 0 N–H and O–H groups in total. The molecule has 0 aliphatic carbocycles. The van der Waals surface area contributed by atoms with Gasteiger partial charge in [-0.05, 0) is 24.0 Å². The summed E-state index contributed by atoms with van der Waals surface area (Å²) in [5.74, 6) is 0.628. The molecule has 0 aliphatic heterocycles. The average molecular weight is 418 g/mol. The summed E-state index contributed by atoms with van der Waals surface area (Å²) in [6.07, 6.45) is 1.04. The Morgan fingerprint density at radius 3 is 2.43 bits per heavy atom. The Balaban J connectivity index is 2.61. The maximum atomic E-state index is 13.3. The van der Waals surface area contributed by atoms with E-state index in [-0.39, 0.29) is 22.9 Å². The first-order chi connectivity index (χ1) is 14.2. The van der Waals surface area contributed by atoms with Crippen LogP contribution in [0.2, 0.25) is 0 Å². The molecule has 1 heterocycles. The predicted molar refractivity (Wildman–Crippen MR) is 119 cm³/mol. The Hall–Kier alpha value is -2.25. The number of aromatic nitrogens is 2. The lowest BCUT2D eigenvalue weighted by atomic mass is 9.91. The Labute approximate surface area is 179 Å². The molecule has 0 saturated heterocycles. The zero-order valence-electron chi connectivity index (χ0n) is 19.1. The van der Waals surface area contributed by atoms with Crippen LogP contribution in [0.5, 0.6) is 0 Å². The first-order valence-electron chi connectivity index (χ1n) is 10.5. The van der Waals surface area contributed by atoms with Gasteiger partial charge in [0.05, 0.1) is 36.7 Å². The molecule has 0 bridgehead atoms. The number of fused-ring (bicyclic) bond motifs is 1. The van der Waals surface area contributed by atoms with Crippen molar-refractivity contribution in [1.82, 2.24) is 14.5 Å². The van der Waals surface area contributed by atoms with Gasteiger partial charge in [-0.3, -0.25) is 14.2 Å². The lowest BCUT2D eigenvalue weighted by Crippen LogP contribution is -2.42. The highest BCUT2D eigenvalue weighted by Gasteiger charge is 2.30. The van der Waals surface area contributed by atoms with E-state index in [2.05, 4.69) is 0 Å². The van der Waals surface area contributed by atoms with Gasteiger partial charge >= 0.3 is 0 Å². The molecule has 1 aromatic carbocycles. The second-order valence-electron chi connectivity index (χ2n) is 8.68. The summed E-state index contributed by atoms with van der Waals surface area (Å²) in [4.78, 5) is 33.1. The van der Waals surface area contributed by atoms with Crippen molar-refractivity contribution in [3.8, 4) is 0 Å². The van der Waals surface area contributed by atoms with Crippen molar-refractivity contribution in [3.63, 3.8) is 0 Å². The van der Waals surface area contributed by atoms with E-state index in [4.69, 9.17) is 14.5 Å². The maximum absolute atomic E-state index is 13.3. The van der Waals surface area contributed by atoms with Gasteiger partial charge in [-0.1, -0.05) is 39.8 Å². The summed E-state index contributed by atoms with van der Waals surface area (Å²) in [6, 6.07) is 6.99. The zero-order valence-corrected chi connectivity index (χ0v) is 19.1. The fourth-order valence-corrected chi connectivity index (χ4v) is 3.58. The molecule has 0 aliphatic rings. The van der Waals surface area contributed by atoms with E-state index >= 15 is 0 Å². The SMILES string of the molecule is CCC(c1nc2ccccc2c(=O)n1CCOC)N(CCOC)C(=O)CC(C)(C)C. The third-order valence-electron chi connectivity index (χ3n) is 5.01. The van der Waals surface area contributed by atoms with E-state index in [1.54, 1.807) is 24.9 Å². The smallest absolute Gasteiger partial charge is 0.261 e. The average Bonchev–Trinajstić information content (AvgIpc) is 2.69. The molecule has 0 saturated carbocycles. The minimum Gasteiger partial charge on any atom is -0.383 e. The largest absolute Gasteiger partial charge is 0.383 e. The van der Waals surface area contributed by atoms with Gasteiger partial charge in [0.2, 0.25) is 5.91 Å². The minimum absolute atomic E-state index is 0.0344. The van der Waals surface area contributed by atoms with Gasteiger partial charge in [0.1, 0.15) is 5.82 Å². The number of carbonyl (C=O) groups excluding carboxylic acids is 1. The van der Waals surface area contributed by atoms with Gasteiger partial charge in [-0.2, -0.15) is 0 Å². The lowest BCUT2D eigenvalue weighted by molar-refractivity contribution is -0.136. The molecule has 1 amide bonds. The van der Waals surface area contributed by atoms with Gasteiger partial charge in [-0.25, -0.2) is 4.98 Å². The van der Waals surface area contributed by atoms with Crippen LogP contribution in [0.1, 0.15) is 52.4 Å². The first kappa shape index (κ1) is 24.0. The highest BCUT2D eigenvalue weighted by molar-refractivity contribution is 5.78. The van der Waals surface area contributed by atoms with Gasteiger partial charge in [-0.15, -0.1) is 0 Å². The van der Waals surface area contributed by atoms with Crippen LogP contribution in [0.25, 0.3) is 10.9 Å². The van der Waals surface area contributed by atoms with E-state index in [0.29, 0.717) is 55.9 Å². The zero-order chi connectivity index (χ0) is 22.3. The van der Waals surface area contributed by atoms with Crippen molar-refractivity contribution >= 4 is 16.8 Å². The van der Waals surface area contributed by atoms with E-state index in [0.717, 1.165) is 0 Å². The molecule has 0 spiro atoms. The summed E-state index contributed by atoms with van der Waals surface area (Å²) >= 11 is 0. The fourth-order valence-electron chi connectivity index (χ4n) is 3.58. The number of hydrogen-bond donors (Lipinski definition) is 0. The summed E-state index contributed by atoms with van der Waals surface area (Å²) in [7, 11) is 3.23. The van der Waals surface area contributed by atoms with Crippen molar-refractivity contribution in [2.75, 3.05) is 34.0 Å². The number of amides is 1. The van der Waals surface area contributed by atoms with Crippen molar-refractivity contribution in [2.24, 2.45) is 5.41 Å². The van der Waals surface area contributed by atoms with Gasteiger partial charge in [0, 0.05) is 27.2 Å². The number of nitrogens with zero attached hydrogens (tertiary/aromatic N) is 3. The molecular formula is C23H35N3O4. The van der Waals surface area contributed by atoms with Crippen LogP contribution >= 0.6 is 0 Å². The van der Waals surface area contributed by atoms with Crippen molar-refractivity contribution in [3.05, 3.63) is 40.4 Å². The van der Waals surface area contributed by atoms with E-state index in [1.807, 2.05) is 50.8 Å². The molecule has 1 atom stereocenters. The quantitative estimate of drug-likeness (QED) is 0.592. The fraction of sp³-hybridized carbons (Fsp3) is 0.609. The number of rotatable bonds is 10. The number of benzene rings is 1. The summed E-state index contributed by atoms with van der Waals surface area (Å²) in [5.41, 5.74) is 0.383. The molecule has 166 valence electrons. The summed E-state index contributed by atoms with van der Waals surface area (Å²) in [5, 5.41) is 0.566. The second-order valence-corrected chi connectivity index (χ2v) is 8.68. The van der Waals surface area contributed by atoms with Crippen LogP contribution in [0.15, 0.2) is 29.1 Å². The van der Waals surface area contributed by atoms with Crippen molar-refractivity contribution < 1.29 is 14.3 Å². The molecule has 2 rings (SSSR count). The van der Waals surface area contributed by atoms with E-state index in [1.165, 1.54) is 0 Å². The normalized spacial score (nSPS) is 12.9. The lowest BCUT2D eigenvalue weighted by Gasteiger charge is -2.34. The van der Waals surface area contributed by atoms with Crippen LogP contribution in [0.3, 0.4) is 0 Å². The number of hydrogen-bond acceptors (Lipinski definition) is 5. The minimum atomic E-state index is -0.329. The molecule has 0 fully saturated rings. The van der Waals surface area contributed by atoms with Gasteiger partial charge in [0.25, 0.3) is 5.56 Å². The molecule has 1 unspecified atom stereocenters. The van der Waals surface area contributed by atoms with E-state index < -0.39 is 0 Å². The van der Waals surface area contributed by atoms with E-state index in [9.17, 15) is 9.59 Å². The molecule has 2 aromatic rings. The number of para-hydroxylation sites is 1. The van der Waals surface area contributed by atoms with Crippen LogP contribution < -0.4 is 5.56 Å². The first-order valence-corrected chi connectivity index (χ1v) is 10.5. The summed E-state index contributed by atoms with van der Waals surface area (Å²) in [6.45, 7) is 9.77. The highest BCUT2D eigenvalue weighted by atomic mass is 16.5. The summed E-state index contributed by atoms with van der Waals surface area (Å²) < 4.78 is 12.2.